The average Bonchev–Trinajstić information content (AvgIpc) is 2.67. The summed E-state index contributed by atoms with van der Waals surface area (Å²) in [7, 11) is 1.82. The Balaban J connectivity index is 1.46. The summed E-state index contributed by atoms with van der Waals surface area (Å²) < 4.78 is 0. The van der Waals surface area contributed by atoms with Crippen LogP contribution in [-0.4, -0.2) is 42.4 Å². The van der Waals surface area contributed by atoms with Crippen molar-refractivity contribution in [3.63, 3.8) is 0 Å². The number of benzene rings is 1. The first-order valence-corrected chi connectivity index (χ1v) is 10.4. The van der Waals surface area contributed by atoms with E-state index in [9.17, 15) is 9.59 Å². The van der Waals surface area contributed by atoms with Gasteiger partial charge in [-0.1, -0.05) is 24.6 Å². The van der Waals surface area contributed by atoms with Gasteiger partial charge in [-0.25, -0.2) is 0 Å². The van der Waals surface area contributed by atoms with Crippen molar-refractivity contribution in [2.75, 3.05) is 18.5 Å². The summed E-state index contributed by atoms with van der Waals surface area (Å²) in [5.41, 5.74) is 7.31. The van der Waals surface area contributed by atoms with Gasteiger partial charge in [0.15, 0.2) is 0 Å². The van der Waals surface area contributed by atoms with Crippen LogP contribution in [0.4, 0.5) is 5.69 Å². The molecule has 2 N–H and O–H groups in total. The zero-order chi connectivity index (χ0) is 19.0. The van der Waals surface area contributed by atoms with E-state index in [1.54, 1.807) is 4.90 Å². The second kappa shape index (κ2) is 7.63. The minimum absolute atomic E-state index is 0.0324. The Morgan fingerprint density at radius 3 is 2.41 bits per heavy atom. The van der Waals surface area contributed by atoms with Crippen LogP contribution in [0.25, 0.3) is 0 Å². The van der Waals surface area contributed by atoms with Gasteiger partial charge in [0.1, 0.15) is 6.04 Å². The Bertz CT molecular complexity index is 678. The molecule has 2 saturated carbocycles. The lowest BCUT2D eigenvalue weighted by Crippen LogP contribution is -2.55. The molecule has 2 amide bonds. The maximum atomic E-state index is 13.2. The molecule has 1 saturated heterocycles. The highest BCUT2D eigenvalue weighted by molar-refractivity contribution is 6.00. The third-order valence-corrected chi connectivity index (χ3v) is 7.06. The Kier molecular flexibility index (Phi) is 5.22. The van der Waals surface area contributed by atoms with Crippen molar-refractivity contribution in [2.24, 2.45) is 23.5 Å². The monoisotopic (exact) mass is 369 g/mol. The van der Waals surface area contributed by atoms with Crippen molar-refractivity contribution in [2.45, 2.75) is 57.0 Å². The molecule has 3 unspecified atom stereocenters. The zero-order valence-corrected chi connectivity index (χ0v) is 16.2. The molecule has 5 heteroatoms. The molecule has 3 aliphatic rings. The van der Waals surface area contributed by atoms with Gasteiger partial charge in [0.25, 0.3) is 0 Å². The first-order chi connectivity index (χ1) is 13.1. The molecule has 1 aromatic carbocycles. The molecule has 0 aromatic heterocycles. The summed E-state index contributed by atoms with van der Waals surface area (Å²) in [6.45, 7) is 0.726. The van der Waals surface area contributed by atoms with E-state index in [2.05, 4.69) is 0 Å². The molecule has 0 radical (unpaired) electrons. The van der Waals surface area contributed by atoms with Gasteiger partial charge in [0.2, 0.25) is 11.8 Å². The van der Waals surface area contributed by atoms with Crippen LogP contribution in [0.3, 0.4) is 0 Å². The molecule has 4 rings (SSSR count). The number of anilines is 1. The number of hydrogen-bond donors (Lipinski definition) is 1. The fraction of sp³-hybridized carbons (Fsp3) is 0.636. The van der Waals surface area contributed by atoms with Gasteiger partial charge in [-0.3, -0.25) is 9.59 Å². The van der Waals surface area contributed by atoms with Crippen molar-refractivity contribution in [1.29, 1.82) is 0 Å². The van der Waals surface area contributed by atoms with Gasteiger partial charge >= 0.3 is 0 Å². The van der Waals surface area contributed by atoms with Crippen LogP contribution in [0.5, 0.6) is 0 Å². The predicted octanol–water partition coefficient (Wildman–Crippen LogP) is 2.79. The lowest BCUT2D eigenvalue weighted by atomic mass is 9.65. The lowest BCUT2D eigenvalue weighted by molar-refractivity contribution is -0.144. The van der Waals surface area contributed by atoms with E-state index < -0.39 is 0 Å². The van der Waals surface area contributed by atoms with Crippen molar-refractivity contribution in [3.8, 4) is 0 Å². The molecule has 3 fully saturated rings. The number of nitrogens with zero attached hydrogens (tertiary/aromatic N) is 2. The third-order valence-electron chi connectivity index (χ3n) is 7.06. The Morgan fingerprint density at radius 1 is 1.07 bits per heavy atom. The second-order valence-electron chi connectivity index (χ2n) is 8.63. The molecule has 146 valence electrons. The summed E-state index contributed by atoms with van der Waals surface area (Å²) in [4.78, 5) is 29.9. The largest absolute Gasteiger partial charge is 0.333 e. The van der Waals surface area contributed by atoms with Gasteiger partial charge in [-0.15, -0.1) is 0 Å². The topological polar surface area (TPSA) is 66.6 Å². The molecule has 0 spiro atoms. The van der Waals surface area contributed by atoms with Crippen molar-refractivity contribution < 1.29 is 9.59 Å². The van der Waals surface area contributed by atoms with E-state index in [0.29, 0.717) is 11.8 Å². The van der Waals surface area contributed by atoms with Crippen LogP contribution >= 0.6 is 0 Å². The number of carbonyl (C=O) groups is 2. The summed E-state index contributed by atoms with van der Waals surface area (Å²) >= 11 is 0. The molecule has 2 bridgehead atoms. The van der Waals surface area contributed by atoms with Crippen molar-refractivity contribution >= 4 is 17.5 Å². The quantitative estimate of drug-likeness (QED) is 0.891. The molecule has 27 heavy (non-hydrogen) atoms. The third kappa shape index (κ3) is 3.49. The normalized spacial score (nSPS) is 33.6. The zero-order valence-electron chi connectivity index (χ0n) is 16.2. The summed E-state index contributed by atoms with van der Waals surface area (Å²) in [5, 5.41) is 0. The van der Waals surface area contributed by atoms with Crippen LogP contribution in [0.15, 0.2) is 30.3 Å². The minimum atomic E-state index is -0.345. The number of carbonyl (C=O) groups excluding carboxylic acids is 2. The van der Waals surface area contributed by atoms with E-state index in [1.165, 1.54) is 6.42 Å². The lowest BCUT2D eigenvalue weighted by Gasteiger charge is -2.45. The van der Waals surface area contributed by atoms with E-state index in [4.69, 9.17) is 5.73 Å². The number of nitrogens with two attached hydrogens (primary N) is 1. The first-order valence-electron chi connectivity index (χ1n) is 10.4. The van der Waals surface area contributed by atoms with E-state index in [1.807, 2.05) is 42.3 Å². The maximum Gasteiger partial charge on any atom is 0.249 e. The predicted molar refractivity (Wildman–Crippen MR) is 106 cm³/mol. The average molecular weight is 370 g/mol. The molecular weight excluding hydrogens is 338 g/mol. The Hall–Kier alpha value is -1.88. The second-order valence-corrected chi connectivity index (χ2v) is 8.63. The van der Waals surface area contributed by atoms with Gasteiger partial charge in [-0.05, 0) is 62.5 Å². The van der Waals surface area contributed by atoms with Gasteiger partial charge < -0.3 is 15.5 Å². The van der Waals surface area contributed by atoms with Crippen molar-refractivity contribution in [3.05, 3.63) is 30.3 Å². The molecule has 1 aromatic rings. The van der Waals surface area contributed by atoms with E-state index >= 15 is 0 Å². The summed E-state index contributed by atoms with van der Waals surface area (Å²) in [6, 6.07) is 9.70. The highest BCUT2D eigenvalue weighted by atomic mass is 16.2. The Labute approximate surface area is 161 Å². The van der Waals surface area contributed by atoms with Gasteiger partial charge in [-0.2, -0.15) is 0 Å². The standard InChI is InChI=1S/C22H31N3O2/c1-24(21(26)17-13-15-7-5-8-16(14-17)20(15)23)19-11-6-12-25(22(19)27)18-9-3-2-4-10-18/h2-4,9-10,15-17,19-20H,5-8,11-14,23H2,1H3. The van der Waals surface area contributed by atoms with Crippen LogP contribution in [-0.2, 0) is 9.59 Å². The molecule has 2 aliphatic carbocycles. The number of amides is 2. The molecular formula is C22H31N3O2. The highest BCUT2D eigenvalue weighted by Gasteiger charge is 2.43. The van der Waals surface area contributed by atoms with Crippen LogP contribution < -0.4 is 10.6 Å². The Morgan fingerprint density at radius 2 is 1.74 bits per heavy atom. The molecule has 1 aliphatic heterocycles. The van der Waals surface area contributed by atoms with Gasteiger partial charge in [0, 0.05) is 31.2 Å². The number of para-hydroxylation sites is 1. The number of likely N-dealkylation sites (N-methyl/N-ethyl adjacent to an activating group) is 1. The summed E-state index contributed by atoms with van der Waals surface area (Å²) in [5.74, 6) is 1.18. The SMILES string of the molecule is CN(C(=O)C1CC2CCCC(C1)C2N)C1CCCN(c2ccccc2)C1=O. The smallest absolute Gasteiger partial charge is 0.249 e. The van der Waals surface area contributed by atoms with Gasteiger partial charge in [0.05, 0.1) is 0 Å². The molecule has 5 nitrogen and oxygen atoms in total. The van der Waals surface area contributed by atoms with E-state index in [-0.39, 0.29) is 29.8 Å². The van der Waals surface area contributed by atoms with Crippen LogP contribution in [0.1, 0.15) is 44.9 Å². The number of fused-ring (bicyclic) bond motifs is 2. The number of piperidine rings is 1. The fourth-order valence-corrected chi connectivity index (χ4v) is 5.51. The number of hydrogen-bond acceptors (Lipinski definition) is 3. The fourth-order valence-electron chi connectivity index (χ4n) is 5.51. The first kappa shape index (κ1) is 18.5. The van der Waals surface area contributed by atoms with Crippen LogP contribution in [0, 0.1) is 17.8 Å². The highest BCUT2D eigenvalue weighted by Crippen LogP contribution is 2.42. The molecule has 1 heterocycles. The summed E-state index contributed by atoms with van der Waals surface area (Å²) in [6.07, 6.45) is 7.00. The number of rotatable bonds is 3. The molecule has 3 atom stereocenters. The van der Waals surface area contributed by atoms with E-state index in [0.717, 1.165) is 50.8 Å². The minimum Gasteiger partial charge on any atom is -0.333 e. The van der Waals surface area contributed by atoms with Crippen LogP contribution in [0.2, 0.25) is 0 Å². The maximum absolute atomic E-state index is 13.2. The van der Waals surface area contributed by atoms with Crippen molar-refractivity contribution in [1.82, 2.24) is 4.90 Å².